The first-order valence-electron chi connectivity index (χ1n) is 6.79. The molecule has 0 unspecified atom stereocenters. The van der Waals surface area contributed by atoms with E-state index in [1.54, 1.807) is 0 Å². The molecule has 0 aliphatic rings. The van der Waals surface area contributed by atoms with E-state index in [0.717, 1.165) is 11.1 Å². The average Bonchev–Trinajstić information content (AvgIpc) is 2.75. The summed E-state index contributed by atoms with van der Waals surface area (Å²) in [5.74, 6) is -0.0319. The molecule has 112 valence electrons. The van der Waals surface area contributed by atoms with Crippen molar-refractivity contribution in [3.05, 3.63) is 50.7 Å². The lowest BCUT2D eigenvalue weighted by Crippen LogP contribution is -2.36. The van der Waals surface area contributed by atoms with Crippen LogP contribution in [0.2, 0.25) is 5.02 Å². The molecule has 3 nitrogen and oxygen atoms in total. The highest BCUT2D eigenvalue weighted by Gasteiger charge is 2.23. The molecule has 2 N–H and O–H groups in total. The molecule has 21 heavy (non-hydrogen) atoms. The summed E-state index contributed by atoms with van der Waals surface area (Å²) in [5, 5.41) is 2.47. The molecular weight excluding hydrogens is 304 g/mol. The lowest BCUT2D eigenvalue weighted by Gasteiger charge is -2.26. The van der Waals surface area contributed by atoms with Gasteiger partial charge in [-0.2, -0.15) is 0 Å². The quantitative estimate of drug-likeness (QED) is 0.851. The normalized spacial score (nSPS) is 10.9. The van der Waals surface area contributed by atoms with Gasteiger partial charge in [0.05, 0.1) is 5.02 Å². The number of rotatable bonds is 4. The molecule has 1 heterocycles. The summed E-state index contributed by atoms with van der Waals surface area (Å²) in [5.41, 5.74) is 8.46. The SMILES string of the molecule is Cc1csc(C(=O)N(Cc2cccc(N)c2)C(C)C)c1Cl. The predicted molar refractivity (Wildman–Crippen MR) is 89.9 cm³/mol. The van der Waals surface area contributed by atoms with Gasteiger partial charge in [-0.15, -0.1) is 11.3 Å². The van der Waals surface area contributed by atoms with Crippen LogP contribution in [0.5, 0.6) is 0 Å². The Morgan fingerprint density at radius 3 is 2.67 bits per heavy atom. The molecule has 0 spiro atoms. The van der Waals surface area contributed by atoms with Gasteiger partial charge in [-0.1, -0.05) is 23.7 Å². The number of halogens is 1. The van der Waals surface area contributed by atoms with E-state index in [-0.39, 0.29) is 11.9 Å². The van der Waals surface area contributed by atoms with Gasteiger partial charge in [0.15, 0.2) is 0 Å². The lowest BCUT2D eigenvalue weighted by atomic mass is 10.1. The van der Waals surface area contributed by atoms with Crippen LogP contribution in [0.15, 0.2) is 29.6 Å². The van der Waals surface area contributed by atoms with E-state index in [1.807, 2.05) is 55.3 Å². The Hall–Kier alpha value is -1.52. The van der Waals surface area contributed by atoms with Crippen molar-refractivity contribution in [2.75, 3.05) is 5.73 Å². The fraction of sp³-hybridized carbons (Fsp3) is 0.312. The molecule has 0 saturated heterocycles. The first kappa shape index (κ1) is 15.9. The Balaban J connectivity index is 2.27. The molecule has 1 amide bonds. The number of amides is 1. The number of carbonyl (C=O) groups is 1. The van der Waals surface area contributed by atoms with Crippen LogP contribution in [0.3, 0.4) is 0 Å². The minimum atomic E-state index is -0.0319. The van der Waals surface area contributed by atoms with Crippen LogP contribution in [-0.2, 0) is 6.54 Å². The van der Waals surface area contributed by atoms with Crippen molar-refractivity contribution in [3.63, 3.8) is 0 Å². The number of nitrogens with two attached hydrogens (primary N) is 1. The predicted octanol–water partition coefficient (Wildman–Crippen LogP) is 4.34. The number of carbonyl (C=O) groups excluding carboxylic acids is 1. The van der Waals surface area contributed by atoms with E-state index in [4.69, 9.17) is 17.3 Å². The molecule has 0 aliphatic carbocycles. The molecule has 0 atom stereocenters. The number of anilines is 1. The largest absolute Gasteiger partial charge is 0.399 e. The summed E-state index contributed by atoms with van der Waals surface area (Å²) < 4.78 is 0. The van der Waals surface area contributed by atoms with Crippen LogP contribution in [0, 0.1) is 6.92 Å². The highest BCUT2D eigenvalue weighted by atomic mass is 35.5. The van der Waals surface area contributed by atoms with Crippen LogP contribution in [0.1, 0.15) is 34.6 Å². The van der Waals surface area contributed by atoms with E-state index < -0.39 is 0 Å². The number of hydrogen-bond acceptors (Lipinski definition) is 3. The minimum absolute atomic E-state index is 0.0319. The Bertz CT molecular complexity index is 651. The average molecular weight is 323 g/mol. The van der Waals surface area contributed by atoms with Crippen molar-refractivity contribution in [2.24, 2.45) is 0 Å². The van der Waals surface area contributed by atoms with Gasteiger partial charge in [0.1, 0.15) is 4.88 Å². The van der Waals surface area contributed by atoms with Gasteiger partial charge in [-0.05, 0) is 49.4 Å². The minimum Gasteiger partial charge on any atom is -0.399 e. The second-order valence-electron chi connectivity index (χ2n) is 5.33. The maximum atomic E-state index is 12.7. The summed E-state index contributed by atoms with van der Waals surface area (Å²) in [4.78, 5) is 15.1. The number of nitrogen functional groups attached to an aromatic ring is 1. The fourth-order valence-electron chi connectivity index (χ4n) is 2.08. The second-order valence-corrected chi connectivity index (χ2v) is 6.59. The van der Waals surface area contributed by atoms with Crippen LogP contribution < -0.4 is 5.73 Å². The van der Waals surface area contributed by atoms with Crippen molar-refractivity contribution in [2.45, 2.75) is 33.4 Å². The number of nitrogens with zero attached hydrogens (tertiary/aromatic N) is 1. The highest BCUT2D eigenvalue weighted by Crippen LogP contribution is 2.29. The highest BCUT2D eigenvalue weighted by molar-refractivity contribution is 7.13. The van der Waals surface area contributed by atoms with Crippen molar-refractivity contribution in [1.29, 1.82) is 0 Å². The third-order valence-electron chi connectivity index (χ3n) is 3.28. The second kappa shape index (κ2) is 6.50. The van der Waals surface area contributed by atoms with Gasteiger partial charge in [0.2, 0.25) is 0 Å². The standard InChI is InChI=1S/C16H19ClN2OS/c1-10(2)19(8-12-5-4-6-13(18)7-12)16(20)15-14(17)11(3)9-21-15/h4-7,9-10H,8,18H2,1-3H3. The number of thiophene rings is 1. The van der Waals surface area contributed by atoms with Gasteiger partial charge >= 0.3 is 0 Å². The van der Waals surface area contributed by atoms with Crippen molar-refractivity contribution < 1.29 is 4.79 Å². The molecule has 0 saturated carbocycles. The van der Waals surface area contributed by atoms with Crippen LogP contribution in [0.25, 0.3) is 0 Å². The Morgan fingerprint density at radius 2 is 2.14 bits per heavy atom. The molecule has 1 aromatic heterocycles. The smallest absolute Gasteiger partial charge is 0.265 e. The van der Waals surface area contributed by atoms with Gasteiger partial charge in [0.25, 0.3) is 5.91 Å². The number of benzene rings is 1. The van der Waals surface area contributed by atoms with Gasteiger partial charge in [-0.25, -0.2) is 0 Å². The van der Waals surface area contributed by atoms with Gasteiger partial charge < -0.3 is 10.6 Å². The molecule has 1 aromatic carbocycles. The molecule has 0 aliphatic heterocycles. The van der Waals surface area contributed by atoms with Crippen LogP contribution in [0.4, 0.5) is 5.69 Å². The summed E-state index contributed by atoms with van der Waals surface area (Å²) in [6.45, 7) is 6.43. The molecule has 2 aromatic rings. The summed E-state index contributed by atoms with van der Waals surface area (Å²) >= 11 is 7.62. The number of hydrogen-bond donors (Lipinski definition) is 1. The zero-order valence-corrected chi connectivity index (χ0v) is 14.0. The monoisotopic (exact) mass is 322 g/mol. The molecular formula is C16H19ClN2OS. The molecule has 2 rings (SSSR count). The maximum Gasteiger partial charge on any atom is 0.265 e. The van der Waals surface area contributed by atoms with E-state index in [1.165, 1.54) is 11.3 Å². The summed E-state index contributed by atoms with van der Waals surface area (Å²) in [7, 11) is 0. The van der Waals surface area contributed by atoms with Crippen molar-refractivity contribution >= 4 is 34.5 Å². The van der Waals surface area contributed by atoms with Crippen molar-refractivity contribution in [1.82, 2.24) is 4.90 Å². The molecule has 5 heteroatoms. The summed E-state index contributed by atoms with van der Waals surface area (Å²) in [6, 6.07) is 7.68. The van der Waals surface area contributed by atoms with Crippen LogP contribution >= 0.6 is 22.9 Å². The van der Waals surface area contributed by atoms with E-state index in [0.29, 0.717) is 22.1 Å². The lowest BCUT2D eigenvalue weighted by molar-refractivity contribution is 0.0695. The van der Waals surface area contributed by atoms with E-state index in [2.05, 4.69) is 0 Å². The zero-order chi connectivity index (χ0) is 15.6. The van der Waals surface area contributed by atoms with Gasteiger partial charge in [-0.3, -0.25) is 4.79 Å². The zero-order valence-electron chi connectivity index (χ0n) is 12.4. The van der Waals surface area contributed by atoms with E-state index >= 15 is 0 Å². The van der Waals surface area contributed by atoms with E-state index in [9.17, 15) is 4.79 Å². The maximum absolute atomic E-state index is 12.7. The third kappa shape index (κ3) is 3.57. The Morgan fingerprint density at radius 1 is 1.43 bits per heavy atom. The third-order valence-corrected chi connectivity index (χ3v) is 4.97. The fourth-order valence-corrected chi connectivity index (χ4v) is 3.31. The topological polar surface area (TPSA) is 46.3 Å². The summed E-state index contributed by atoms with van der Waals surface area (Å²) in [6.07, 6.45) is 0. The first-order chi connectivity index (χ1) is 9.90. The molecule has 0 radical (unpaired) electrons. The molecule has 0 fully saturated rings. The number of aryl methyl sites for hydroxylation is 1. The first-order valence-corrected chi connectivity index (χ1v) is 8.05. The van der Waals surface area contributed by atoms with Crippen LogP contribution in [-0.4, -0.2) is 16.8 Å². The molecule has 0 bridgehead atoms. The van der Waals surface area contributed by atoms with Crippen molar-refractivity contribution in [3.8, 4) is 0 Å². The Kier molecular flexibility index (Phi) is 4.91. The van der Waals surface area contributed by atoms with Gasteiger partial charge in [0, 0.05) is 18.3 Å². The Labute approximate surface area is 134 Å².